The summed E-state index contributed by atoms with van der Waals surface area (Å²) in [6.07, 6.45) is 1.08. The number of hydrogen-bond acceptors (Lipinski definition) is 4. The van der Waals surface area contributed by atoms with E-state index in [2.05, 4.69) is 26.0 Å². The van der Waals surface area contributed by atoms with E-state index in [1.165, 1.54) is 0 Å². The number of hydrogen-bond donors (Lipinski definition) is 2. The summed E-state index contributed by atoms with van der Waals surface area (Å²) in [4.78, 5) is 11.9. The van der Waals surface area contributed by atoms with Crippen molar-refractivity contribution in [1.82, 2.24) is 0 Å². The highest BCUT2D eigenvalue weighted by Crippen LogP contribution is 2.22. The van der Waals surface area contributed by atoms with Gasteiger partial charge in [0.2, 0.25) is 10.0 Å². The van der Waals surface area contributed by atoms with Gasteiger partial charge in [-0.3, -0.25) is 9.52 Å². The van der Waals surface area contributed by atoms with E-state index in [-0.39, 0.29) is 11.7 Å². The average molecular weight is 373 g/mol. The third-order valence-electron chi connectivity index (χ3n) is 2.58. The number of amides is 1. The van der Waals surface area contributed by atoms with Crippen molar-refractivity contribution in [2.75, 3.05) is 16.3 Å². The predicted molar refractivity (Wildman–Crippen MR) is 84.0 cm³/mol. The Kier molecular flexibility index (Phi) is 4.38. The average Bonchev–Trinajstić information content (AvgIpc) is 2.78. The maximum absolute atomic E-state index is 11.9. The van der Waals surface area contributed by atoms with Crippen LogP contribution in [-0.4, -0.2) is 20.6 Å². The van der Waals surface area contributed by atoms with Gasteiger partial charge in [-0.15, -0.1) is 0 Å². The summed E-state index contributed by atoms with van der Waals surface area (Å²) in [5.41, 5.74) is 1.71. The molecule has 0 unspecified atom stereocenters. The molecule has 0 radical (unpaired) electrons. The first-order valence-electron chi connectivity index (χ1n) is 5.90. The van der Waals surface area contributed by atoms with E-state index < -0.39 is 10.0 Å². The van der Waals surface area contributed by atoms with Gasteiger partial charge >= 0.3 is 0 Å². The van der Waals surface area contributed by atoms with Crippen molar-refractivity contribution in [3.8, 4) is 0 Å². The van der Waals surface area contributed by atoms with Crippen molar-refractivity contribution in [2.45, 2.75) is 6.92 Å². The summed E-state index contributed by atoms with van der Waals surface area (Å²) >= 11 is 3.12. The Morgan fingerprint density at radius 1 is 1.24 bits per heavy atom. The fraction of sp³-hybridized carbons (Fsp3) is 0.154. The summed E-state index contributed by atoms with van der Waals surface area (Å²) in [5, 5.41) is 2.67. The van der Waals surface area contributed by atoms with E-state index in [4.69, 9.17) is 4.42 Å². The summed E-state index contributed by atoms with van der Waals surface area (Å²) < 4.78 is 30.4. The molecule has 1 heterocycles. The Morgan fingerprint density at radius 2 is 1.95 bits per heavy atom. The molecule has 6 nitrogen and oxygen atoms in total. The third-order valence-corrected chi connectivity index (χ3v) is 3.59. The highest BCUT2D eigenvalue weighted by molar-refractivity contribution is 9.10. The molecule has 0 aliphatic rings. The second-order valence-electron chi connectivity index (χ2n) is 4.46. The zero-order valence-electron chi connectivity index (χ0n) is 11.3. The maximum Gasteiger partial charge on any atom is 0.291 e. The first-order chi connectivity index (χ1) is 9.74. The van der Waals surface area contributed by atoms with E-state index in [0.29, 0.717) is 21.6 Å². The van der Waals surface area contributed by atoms with Crippen molar-refractivity contribution < 1.29 is 17.6 Å². The van der Waals surface area contributed by atoms with Crippen LogP contribution in [0, 0.1) is 6.92 Å². The van der Waals surface area contributed by atoms with Crippen LogP contribution in [0.25, 0.3) is 0 Å². The lowest BCUT2D eigenvalue weighted by Crippen LogP contribution is -2.13. The van der Waals surface area contributed by atoms with Crippen molar-refractivity contribution in [2.24, 2.45) is 0 Å². The van der Waals surface area contributed by atoms with Crippen LogP contribution >= 0.6 is 15.9 Å². The van der Waals surface area contributed by atoms with Gasteiger partial charge in [0.25, 0.3) is 5.91 Å². The lowest BCUT2D eigenvalue weighted by Gasteiger charge is -2.10. The van der Waals surface area contributed by atoms with Crippen LogP contribution < -0.4 is 10.0 Å². The lowest BCUT2D eigenvalue weighted by atomic mass is 10.2. The molecule has 2 N–H and O–H groups in total. The van der Waals surface area contributed by atoms with Crippen LogP contribution in [0.4, 0.5) is 11.4 Å². The molecule has 21 heavy (non-hydrogen) atoms. The highest BCUT2D eigenvalue weighted by atomic mass is 79.9. The minimum absolute atomic E-state index is 0.179. The fourth-order valence-corrected chi connectivity index (χ4v) is 2.62. The Balaban J connectivity index is 2.15. The SMILES string of the molecule is Cc1cc(NC(=O)c2ccc(Br)o2)ccc1NS(C)(=O)=O. The quantitative estimate of drug-likeness (QED) is 0.863. The number of benzene rings is 1. The monoisotopic (exact) mass is 372 g/mol. The Labute approximate surface area is 130 Å². The van der Waals surface area contributed by atoms with Gasteiger partial charge in [0.05, 0.1) is 11.9 Å². The maximum atomic E-state index is 11.9. The number of anilines is 2. The second-order valence-corrected chi connectivity index (χ2v) is 6.99. The number of sulfonamides is 1. The van der Waals surface area contributed by atoms with Crippen molar-refractivity contribution in [3.05, 3.63) is 46.3 Å². The molecule has 2 rings (SSSR count). The Morgan fingerprint density at radius 3 is 2.48 bits per heavy atom. The lowest BCUT2D eigenvalue weighted by molar-refractivity contribution is 0.0995. The first kappa shape index (κ1) is 15.6. The molecule has 2 aromatic rings. The van der Waals surface area contributed by atoms with Crippen LogP contribution in [0.1, 0.15) is 16.1 Å². The number of rotatable bonds is 4. The summed E-state index contributed by atoms with van der Waals surface area (Å²) in [7, 11) is -3.33. The van der Waals surface area contributed by atoms with Gasteiger partial charge < -0.3 is 9.73 Å². The first-order valence-corrected chi connectivity index (χ1v) is 8.58. The number of halogens is 1. The van der Waals surface area contributed by atoms with Crippen molar-refractivity contribution in [3.63, 3.8) is 0 Å². The third kappa shape index (κ3) is 4.33. The molecule has 0 bridgehead atoms. The molecule has 0 saturated heterocycles. The van der Waals surface area contributed by atoms with E-state index in [1.807, 2.05) is 0 Å². The van der Waals surface area contributed by atoms with Crippen LogP contribution in [-0.2, 0) is 10.0 Å². The van der Waals surface area contributed by atoms with Gasteiger partial charge in [0.15, 0.2) is 10.4 Å². The molecule has 0 saturated carbocycles. The molecular formula is C13H13BrN2O4S. The fourth-order valence-electron chi connectivity index (χ4n) is 1.68. The van der Waals surface area contributed by atoms with Crippen LogP contribution in [0.3, 0.4) is 0 Å². The standard InChI is InChI=1S/C13H13BrN2O4S/c1-8-7-9(3-4-10(8)16-21(2,18)19)15-13(17)11-5-6-12(14)20-11/h3-7,16H,1-2H3,(H,15,17). The molecule has 1 amide bonds. The molecular weight excluding hydrogens is 360 g/mol. The van der Waals surface area contributed by atoms with Gasteiger partial charge in [0.1, 0.15) is 0 Å². The highest BCUT2D eigenvalue weighted by Gasteiger charge is 2.12. The molecule has 0 atom stereocenters. The van der Waals surface area contributed by atoms with E-state index in [9.17, 15) is 13.2 Å². The summed E-state index contributed by atoms with van der Waals surface area (Å²) in [6.45, 7) is 1.74. The summed E-state index contributed by atoms with van der Waals surface area (Å²) in [5.74, 6) is -0.207. The molecule has 112 valence electrons. The van der Waals surface area contributed by atoms with Gasteiger partial charge in [-0.1, -0.05) is 0 Å². The largest absolute Gasteiger partial charge is 0.444 e. The predicted octanol–water partition coefficient (Wildman–Crippen LogP) is 2.97. The topological polar surface area (TPSA) is 88.4 Å². The number of aryl methyl sites for hydroxylation is 1. The zero-order chi connectivity index (χ0) is 15.6. The molecule has 0 aliphatic carbocycles. The van der Waals surface area contributed by atoms with E-state index in [1.54, 1.807) is 37.3 Å². The molecule has 0 spiro atoms. The molecule has 0 aliphatic heterocycles. The van der Waals surface area contributed by atoms with E-state index in [0.717, 1.165) is 6.26 Å². The molecule has 8 heteroatoms. The zero-order valence-corrected chi connectivity index (χ0v) is 13.7. The van der Waals surface area contributed by atoms with Crippen molar-refractivity contribution in [1.29, 1.82) is 0 Å². The van der Waals surface area contributed by atoms with Gasteiger partial charge in [-0.25, -0.2) is 8.42 Å². The minimum atomic E-state index is -3.33. The van der Waals surface area contributed by atoms with Crippen LogP contribution in [0.5, 0.6) is 0 Å². The normalized spacial score (nSPS) is 11.2. The molecule has 1 aromatic heterocycles. The second kappa shape index (κ2) is 5.90. The number of furan rings is 1. The van der Waals surface area contributed by atoms with Crippen molar-refractivity contribution >= 4 is 43.2 Å². The number of nitrogens with one attached hydrogen (secondary N) is 2. The van der Waals surface area contributed by atoms with E-state index >= 15 is 0 Å². The van der Waals surface area contributed by atoms with Gasteiger partial charge in [-0.2, -0.15) is 0 Å². The van der Waals surface area contributed by atoms with Gasteiger partial charge in [0, 0.05) is 5.69 Å². The number of carbonyl (C=O) groups excluding carboxylic acids is 1. The Hall–Kier alpha value is -1.80. The summed E-state index contributed by atoms with van der Waals surface area (Å²) in [6, 6.07) is 8.04. The molecule has 1 aromatic carbocycles. The van der Waals surface area contributed by atoms with Gasteiger partial charge in [-0.05, 0) is 58.7 Å². The smallest absolute Gasteiger partial charge is 0.291 e. The Bertz CT molecular complexity index is 783. The van der Waals surface area contributed by atoms with Crippen LogP contribution in [0.2, 0.25) is 0 Å². The minimum Gasteiger partial charge on any atom is -0.444 e. The molecule has 0 fully saturated rings. The van der Waals surface area contributed by atoms with Crippen LogP contribution in [0.15, 0.2) is 39.4 Å². The number of carbonyl (C=O) groups is 1.